The van der Waals surface area contributed by atoms with Gasteiger partial charge in [-0.1, -0.05) is 0 Å². The molecule has 6 nitrogen and oxygen atoms in total. The molecule has 2 heterocycles. The predicted molar refractivity (Wildman–Crippen MR) is 34.8 cm³/mol. The van der Waals surface area contributed by atoms with Crippen molar-refractivity contribution >= 4 is 0 Å². The molecule has 0 atom stereocenters. The van der Waals surface area contributed by atoms with E-state index in [1.165, 1.54) is 6.20 Å². The zero-order valence-corrected chi connectivity index (χ0v) is 5.37. The molecule has 2 aliphatic rings. The summed E-state index contributed by atoms with van der Waals surface area (Å²) in [6.45, 7) is 0. The Morgan fingerprint density at radius 3 is 3.27 bits per heavy atom. The number of imidazole rings is 1. The van der Waals surface area contributed by atoms with Crippen LogP contribution in [0.5, 0.6) is 0 Å². The number of nitrogens with zero attached hydrogens (tertiary/aromatic N) is 2. The second-order valence-corrected chi connectivity index (χ2v) is 2.05. The van der Waals surface area contributed by atoms with Crippen LogP contribution in [0.4, 0.5) is 0 Å². The molecule has 0 amide bonds. The third kappa shape index (κ3) is 0.759. The molecule has 56 valence electrons. The van der Waals surface area contributed by atoms with Gasteiger partial charge in [0.25, 0.3) is 12.2 Å². The SMILES string of the molecule is O=c1[nH]cc2[n+]([O-])cnc-2[nH]1. The van der Waals surface area contributed by atoms with Crippen LogP contribution in [0.1, 0.15) is 0 Å². The second kappa shape index (κ2) is 1.82. The molecule has 2 rings (SSSR count). The molecule has 0 saturated heterocycles. The maximum Gasteiger partial charge on any atom is 0.326 e. The molecule has 0 saturated carbocycles. The Labute approximate surface area is 60.5 Å². The molecule has 6 heteroatoms. The minimum atomic E-state index is -0.379. The van der Waals surface area contributed by atoms with E-state index in [2.05, 4.69) is 15.0 Å². The highest BCUT2D eigenvalue weighted by Crippen LogP contribution is 2.04. The molecule has 0 fully saturated rings. The second-order valence-electron chi connectivity index (χ2n) is 2.05. The first-order valence-corrected chi connectivity index (χ1v) is 2.93. The van der Waals surface area contributed by atoms with Gasteiger partial charge in [-0.25, -0.2) is 9.52 Å². The predicted octanol–water partition coefficient (Wildman–Crippen LogP) is -1.16. The third-order valence-corrected chi connectivity index (χ3v) is 1.34. The fourth-order valence-corrected chi connectivity index (χ4v) is 0.849. The first kappa shape index (κ1) is 5.90. The molecule has 0 aromatic carbocycles. The van der Waals surface area contributed by atoms with Crippen molar-refractivity contribution in [3.05, 3.63) is 28.2 Å². The van der Waals surface area contributed by atoms with Gasteiger partial charge in [-0.05, 0) is 4.98 Å². The number of hydrogen-bond acceptors (Lipinski definition) is 3. The molecule has 0 aliphatic carbocycles. The average molecular weight is 152 g/mol. The van der Waals surface area contributed by atoms with Crippen LogP contribution in [-0.4, -0.2) is 15.0 Å². The van der Waals surface area contributed by atoms with Crippen LogP contribution in [0.3, 0.4) is 0 Å². The van der Waals surface area contributed by atoms with Crippen molar-refractivity contribution < 1.29 is 4.73 Å². The zero-order chi connectivity index (χ0) is 7.84. The maximum atomic E-state index is 10.8. The largest absolute Gasteiger partial charge is 0.710 e. The summed E-state index contributed by atoms with van der Waals surface area (Å²) in [4.78, 5) is 19.0. The molecule has 0 spiro atoms. The first-order valence-electron chi connectivity index (χ1n) is 2.93. The van der Waals surface area contributed by atoms with E-state index in [1.807, 2.05) is 0 Å². The summed E-state index contributed by atoms with van der Waals surface area (Å²) in [5.41, 5.74) is -0.0548. The van der Waals surface area contributed by atoms with E-state index >= 15 is 0 Å². The van der Waals surface area contributed by atoms with Gasteiger partial charge in [0.1, 0.15) is 0 Å². The number of rotatable bonds is 0. The quantitative estimate of drug-likeness (QED) is 0.368. The molecular formula is C5H4N4O2. The molecule has 0 radical (unpaired) electrons. The molecule has 2 aliphatic heterocycles. The Balaban J connectivity index is 2.84. The van der Waals surface area contributed by atoms with Crippen LogP contribution in [-0.2, 0) is 0 Å². The summed E-state index contributed by atoms with van der Waals surface area (Å²) in [6.07, 6.45) is 2.41. The summed E-state index contributed by atoms with van der Waals surface area (Å²) in [6, 6.07) is 0. The Morgan fingerprint density at radius 2 is 2.45 bits per heavy atom. The summed E-state index contributed by atoms with van der Waals surface area (Å²) in [7, 11) is 0. The monoisotopic (exact) mass is 152 g/mol. The maximum absolute atomic E-state index is 10.8. The van der Waals surface area contributed by atoms with Crippen molar-refractivity contribution in [2.24, 2.45) is 0 Å². The minimum absolute atomic E-state index is 0.295. The lowest BCUT2D eigenvalue weighted by molar-refractivity contribution is -0.592. The van der Waals surface area contributed by atoms with E-state index in [0.29, 0.717) is 16.2 Å². The lowest BCUT2D eigenvalue weighted by Gasteiger charge is -1.96. The summed E-state index contributed by atoms with van der Waals surface area (Å²) >= 11 is 0. The smallest absolute Gasteiger partial charge is 0.326 e. The van der Waals surface area contributed by atoms with Gasteiger partial charge in [0, 0.05) is 0 Å². The van der Waals surface area contributed by atoms with E-state index in [-0.39, 0.29) is 5.69 Å². The van der Waals surface area contributed by atoms with E-state index in [9.17, 15) is 10.0 Å². The van der Waals surface area contributed by atoms with Crippen LogP contribution in [0, 0.1) is 5.21 Å². The van der Waals surface area contributed by atoms with Gasteiger partial charge in [0.2, 0.25) is 5.69 Å². The van der Waals surface area contributed by atoms with E-state index in [1.54, 1.807) is 0 Å². The van der Waals surface area contributed by atoms with Crippen LogP contribution in [0.2, 0.25) is 0 Å². The van der Waals surface area contributed by atoms with Crippen LogP contribution in [0.15, 0.2) is 17.3 Å². The summed E-state index contributed by atoms with van der Waals surface area (Å²) in [5, 5.41) is 10.8. The molecular weight excluding hydrogens is 148 g/mol. The van der Waals surface area contributed by atoms with Gasteiger partial charge in [0.15, 0.2) is 0 Å². The number of fused-ring (bicyclic) bond motifs is 1. The van der Waals surface area contributed by atoms with E-state index in [4.69, 9.17) is 0 Å². The topological polar surface area (TPSA) is 88.5 Å². The van der Waals surface area contributed by atoms with Crippen molar-refractivity contribution in [2.45, 2.75) is 0 Å². The fourth-order valence-electron chi connectivity index (χ4n) is 0.849. The number of H-pyrrole nitrogens is 2. The molecule has 0 aromatic rings. The average Bonchev–Trinajstić information content (AvgIpc) is 2.32. The van der Waals surface area contributed by atoms with Crippen LogP contribution < -0.4 is 10.4 Å². The highest BCUT2D eigenvalue weighted by atomic mass is 16.5. The number of aromatic nitrogens is 4. The van der Waals surface area contributed by atoms with Crippen molar-refractivity contribution in [2.75, 3.05) is 0 Å². The minimum Gasteiger partial charge on any atom is -0.710 e. The molecule has 0 bridgehead atoms. The van der Waals surface area contributed by atoms with Crippen LogP contribution in [0.25, 0.3) is 11.5 Å². The molecule has 11 heavy (non-hydrogen) atoms. The number of nitrogens with one attached hydrogen (secondary N) is 2. The van der Waals surface area contributed by atoms with Gasteiger partial charge < -0.3 is 10.2 Å². The molecule has 2 N–H and O–H groups in total. The van der Waals surface area contributed by atoms with Gasteiger partial charge in [-0.15, -0.1) is 0 Å². The highest BCUT2D eigenvalue weighted by Gasteiger charge is 2.15. The van der Waals surface area contributed by atoms with Crippen molar-refractivity contribution in [1.29, 1.82) is 0 Å². The van der Waals surface area contributed by atoms with Crippen LogP contribution >= 0.6 is 0 Å². The summed E-state index contributed by atoms with van der Waals surface area (Å²) < 4.78 is 0.571. The highest BCUT2D eigenvalue weighted by molar-refractivity contribution is 5.42. The number of aromatic amines is 2. The Hall–Kier alpha value is -1.85. The van der Waals surface area contributed by atoms with E-state index in [0.717, 1.165) is 6.33 Å². The standard InChI is InChI=1S/C5H4N4O2/c10-5-6-1-3-4(8-5)7-2-9(3)11/h1-2H,(H2,6,7,8,10). The van der Waals surface area contributed by atoms with Crippen molar-refractivity contribution in [1.82, 2.24) is 15.0 Å². The Bertz CT molecular complexity index is 403. The van der Waals surface area contributed by atoms with Gasteiger partial charge in [0.05, 0.1) is 6.20 Å². The molecule has 0 aromatic heterocycles. The Morgan fingerprint density at radius 1 is 1.64 bits per heavy atom. The first-order chi connectivity index (χ1) is 5.27. The summed E-state index contributed by atoms with van der Waals surface area (Å²) in [5.74, 6) is 0.295. The van der Waals surface area contributed by atoms with Gasteiger partial charge in [-0.2, -0.15) is 0 Å². The lowest BCUT2D eigenvalue weighted by atomic mass is 10.4. The fraction of sp³-hybridized carbons (Fsp3) is 0. The lowest BCUT2D eigenvalue weighted by Crippen LogP contribution is -2.26. The van der Waals surface area contributed by atoms with Gasteiger partial charge >= 0.3 is 5.69 Å². The number of hydrogen-bond donors (Lipinski definition) is 2. The van der Waals surface area contributed by atoms with E-state index < -0.39 is 0 Å². The van der Waals surface area contributed by atoms with Crippen molar-refractivity contribution in [3.8, 4) is 11.5 Å². The van der Waals surface area contributed by atoms with Gasteiger partial charge in [-0.3, -0.25) is 4.98 Å². The molecule has 0 unspecified atom stereocenters. The third-order valence-electron chi connectivity index (χ3n) is 1.34. The zero-order valence-electron chi connectivity index (χ0n) is 5.37. The Kier molecular flexibility index (Phi) is 0.974. The van der Waals surface area contributed by atoms with Crippen molar-refractivity contribution in [3.63, 3.8) is 0 Å². The normalized spacial score (nSPS) is 10.5.